The molecule has 2 atom stereocenters. The summed E-state index contributed by atoms with van der Waals surface area (Å²) in [4.78, 5) is 28.6. The molecular weight excluding hydrogens is 356 g/mol. The molecule has 0 unspecified atom stereocenters. The maximum absolute atomic E-state index is 12.5. The molecule has 0 radical (unpaired) electrons. The predicted molar refractivity (Wildman–Crippen MR) is 100 cm³/mol. The van der Waals surface area contributed by atoms with Crippen molar-refractivity contribution in [1.82, 2.24) is 9.80 Å². The normalized spacial score (nSPS) is 23.8. The molecule has 7 nitrogen and oxygen atoms in total. The number of para-hydroxylation sites is 1. The minimum Gasteiger partial charge on any atom is -0.364 e. The van der Waals surface area contributed by atoms with E-state index in [1.165, 1.54) is 0 Å². The maximum Gasteiger partial charge on any atom is 0.251 e. The molecule has 3 N–H and O–H groups in total. The van der Waals surface area contributed by atoms with Crippen molar-refractivity contribution in [2.45, 2.75) is 25.0 Å². The number of carbonyl (C=O) groups is 2. The Morgan fingerprint density at radius 2 is 1.92 bits per heavy atom. The van der Waals surface area contributed by atoms with Gasteiger partial charge in [-0.2, -0.15) is 0 Å². The number of amides is 2. The van der Waals surface area contributed by atoms with Crippen LogP contribution in [0.25, 0.3) is 0 Å². The average molecular weight is 381 g/mol. The van der Waals surface area contributed by atoms with Crippen LogP contribution in [0.2, 0.25) is 5.02 Å². The maximum atomic E-state index is 12.5. The Hall–Kier alpha value is -1.67. The second kappa shape index (κ2) is 8.81. The second-order valence-corrected chi connectivity index (χ2v) is 7.10. The zero-order valence-electron chi connectivity index (χ0n) is 14.7. The Labute approximate surface area is 158 Å². The van der Waals surface area contributed by atoms with E-state index < -0.39 is 0 Å². The van der Waals surface area contributed by atoms with Crippen molar-refractivity contribution in [3.05, 3.63) is 29.3 Å². The monoisotopic (exact) mass is 380 g/mol. The fourth-order valence-corrected chi connectivity index (χ4v) is 3.53. The number of nitrogens with one attached hydrogen (secondary N) is 1. The predicted octanol–water partition coefficient (Wildman–Crippen LogP) is 0.929. The van der Waals surface area contributed by atoms with Crippen molar-refractivity contribution in [2.75, 3.05) is 44.6 Å². The Morgan fingerprint density at radius 1 is 1.19 bits per heavy atom. The number of piperazine rings is 1. The van der Waals surface area contributed by atoms with Crippen LogP contribution in [0.1, 0.15) is 12.8 Å². The van der Waals surface area contributed by atoms with Gasteiger partial charge < -0.3 is 20.7 Å². The summed E-state index contributed by atoms with van der Waals surface area (Å²) in [6, 6.07) is 7.15. The molecule has 0 spiro atoms. The van der Waals surface area contributed by atoms with E-state index in [4.69, 9.17) is 22.1 Å². The topological polar surface area (TPSA) is 87.9 Å². The van der Waals surface area contributed by atoms with Crippen LogP contribution in [0.5, 0.6) is 0 Å². The van der Waals surface area contributed by atoms with Crippen LogP contribution < -0.4 is 11.1 Å². The molecule has 0 aromatic heterocycles. The van der Waals surface area contributed by atoms with Crippen molar-refractivity contribution in [1.29, 1.82) is 0 Å². The van der Waals surface area contributed by atoms with Gasteiger partial charge in [0.2, 0.25) is 5.91 Å². The zero-order valence-corrected chi connectivity index (χ0v) is 15.5. The Morgan fingerprint density at radius 3 is 2.58 bits per heavy atom. The molecule has 2 saturated heterocycles. The quantitative estimate of drug-likeness (QED) is 0.793. The van der Waals surface area contributed by atoms with E-state index in [0.717, 1.165) is 12.8 Å². The minimum atomic E-state index is -0.362. The average Bonchev–Trinajstić information content (AvgIpc) is 3.13. The molecule has 2 amide bonds. The van der Waals surface area contributed by atoms with Gasteiger partial charge in [-0.3, -0.25) is 14.5 Å². The first-order valence-electron chi connectivity index (χ1n) is 8.98. The van der Waals surface area contributed by atoms with E-state index in [1.54, 1.807) is 12.1 Å². The molecule has 2 heterocycles. The molecule has 3 rings (SSSR count). The summed E-state index contributed by atoms with van der Waals surface area (Å²) in [7, 11) is 0. The molecule has 2 fully saturated rings. The number of hydrogen-bond donors (Lipinski definition) is 2. The van der Waals surface area contributed by atoms with Crippen LogP contribution in [-0.2, 0) is 14.3 Å². The lowest BCUT2D eigenvalue weighted by atomic mass is 10.1. The standard InChI is InChI=1S/C18H25ClN4O3/c19-14-3-1-2-4-15(14)21-17(24)12-22-7-9-23(10-8-22)18(25)16-6-5-13(11-20)26-16/h1-4,13,16H,5-12,20H2,(H,21,24)/t13-,16+/m1/s1. The Balaban J connectivity index is 1.43. The first-order chi connectivity index (χ1) is 12.6. The van der Waals surface area contributed by atoms with Crippen LogP contribution >= 0.6 is 11.6 Å². The molecule has 2 aliphatic heterocycles. The van der Waals surface area contributed by atoms with Gasteiger partial charge in [0, 0.05) is 32.7 Å². The molecule has 26 heavy (non-hydrogen) atoms. The third kappa shape index (κ3) is 4.73. The molecule has 8 heteroatoms. The van der Waals surface area contributed by atoms with Gasteiger partial charge in [-0.15, -0.1) is 0 Å². The summed E-state index contributed by atoms with van der Waals surface area (Å²) in [5.41, 5.74) is 6.21. The molecule has 2 aliphatic rings. The second-order valence-electron chi connectivity index (χ2n) is 6.69. The zero-order chi connectivity index (χ0) is 18.5. The molecule has 1 aromatic rings. The lowest BCUT2D eigenvalue weighted by Gasteiger charge is -2.35. The summed E-state index contributed by atoms with van der Waals surface area (Å²) in [6.07, 6.45) is 1.22. The van der Waals surface area contributed by atoms with E-state index in [2.05, 4.69) is 5.32 Å². The number of hydrogen-bond acceptors (Lipinski definition) is 5. The SMILES string of the molecule is NC[C@H]1CC[C@@H](C(=O)N2CCN(CC(=O)Nc3ccccc3Cl)CC2)O1. The number of ether oxygens (including phenoxy) is 1. The minimum absolute atomic E-state index is 0.00116. The molecule has 142 valence electrons. The number of rotatable bonds is 5. The summed E-state index contributed by atoms with van der Waals surface area (Å²) < 4.78 is 5.69. The van der Waals surface area contributed by atoms with Gasteiger partial charge in [0.15, 0.2) is 0 Å². The summed E-state index contributed by atoms with van der Waals surface area (Å²) >= 11 is 6.06. The first-order valence-corrected chi connectivity index (χ1v) is 9.35. The molecular formula is C18H25ClN4O3. The van der Waals surface area contributed by atoms with E-state index in [0.29, 0.717) is 43.4 Å². The molecule has 0 saturated carbocycles. The van der Waals surface area contributed by atoms with Gasteiger partial charge in [0.05, 0.1) is 23.4 Å². The van der Waals surface area contributed by atoms with Gasteiger partial charge in [-0.1, -0.05) is 23.7 Å². The van der Waals surface area contributed by atoms with Crippen molar-refractivity contribution in [3.8, 4) is 0 Å². The van der Waals surface area contributed by atoms with E-state index >= 15 is 0 Å². The molecule has 0 aliphatic carbocycles. The van der Waals surface area contributed by atoms with Gasteiger partial charge in [-0.05, 0) is 25.0 Å². The van der Waals surface area contributed by atoms with E-state index in [1.807, 2.05) is 21.9 Å². The highest BCUT2D eigenvalue weighted by Gasteiger charge is 2.34. The van der Waals surface area contributed by atoms with Crippen LogP contribution in [0.15, 0.2) is 24.3 Å². The smallest absolute Gasteiger partial charge is 0.251 e. The van der Waals surface area contributed by atoms with Gasteiger partial charge in [0.25, 0.3) is 5.91 Å². The van der Waals surface area contributed by atoms with Gasteiger partial charge >= 0.3 is 0 Å². The number of nitrogens with two attached hydrogens (primary N) is 1. The number of anilines is 1. The van der Waals surface area contributed by atoms with Crippen LogP contribution in [-0.4, -0.2) is 73.1 Å². The number of carbonyl (C=O) groups excluding carboxylic acids is 2. The lowest BCUT2D eigenvalue weighted by molar-refractivity contribution is -0.144. The highest BCUT2D eigenvalue weighted by atomic mass is 35.5. The van der Waals surface area contributed by atoms with Crippen molar-refractivity contribution < 1.29 is 14.3 Å². The Kier molecular flexibility index (Phi) is 6.48. The fourth-order valence-electron chi connectivity index (χ4n) is 3.35. The van der Waals surface area contributed by atoms with Crippen LogP contribution in [0, 0.1) is 0 Å². The summed E-state index contributed by atoms with van der Waals surface area (Å²) in [5, 5.41) is 3.34. The number of benzene rings is 1. The van der Waals surface area contributed by atoms with Crippen LogP contribution in [0.4, 0.5) is 5.69 Å². The van der Waals surface area contributed by atoms with Crippen molar-refractivity contribution in [2.24, 2.45) is 5.73 Å². The summed E-state index contributed by atoms with van der Waals surface area (Å²) in [6.45, 7) is 3.26. The molecule has 0 bridgehead atoms. The summed E-state index contributed by atoms with van der Waals surface area (Å²) in [5.74, 6) is -0.0658. The third-order valence-corrected chi connectivity index (χ3v) is 5.17. The van der Waals surface area contributed by atoms with Gasteiger partial charge in [-0.25, -0.2) is 0 Å². The number of halogens is 1. The highest BCUT2D eigenvalue weighted by molar-refractivity contribution is 6.33. The third-order valence-electron chi connectivity index (χ3n) is 4.84. The van der Waals surface area contributed by atoms with Crippen LogP contribution in [0.3, 0.4) is 0 Å². The Bertz CT molecular complexity index is 649. The van der Waals surface area contributed by atoms with E-state index in [9.17, 15) is 9.59 Å². The molecule has 1 aromatic carbocycles. The largest absolute Gasteiger partial charge is 0.364 e. The van der Waals surface area contributed by atoms with Gasteiger partial charge in [0.1, 0.15) is 6.10 Å². The van der Waals surface area contributed by atoms with Crippen molar-refractivity contribution in [3.63, 3.8) is 0 Å². The fraction of sp³-hybridized carbons (Fsp3) is 0.556. The lowest BCUT2D eigenvalue weighted by Crippen LogP contribution is -2.52. The highest BCUT2D eigenvalue weighted by Crippen LogP contribution is 2.22. The van der Waals surface area contributed by atoms with E-state index in [-0.39, 0.29) is 30.6 Å². The first kappa shape index (κ1) is 19.1. The number of nitrogens with zero attached hydrogens (tertiary/aromatic N) is 2. The van der Waals surface area contributed by atoms with Crippen molar-refractivity contribution >= 4 is 29.1 Å².